The highest BCUT2D eigenvalue weighted by Crippen LogP contribution is 2.48. The lowest BCUT2D eigenvalue weighted by molar-refractivity contribution is 0.144. The van der Waals surface area contributed by atoms with Gasteiger partial charge in [0.05, 0.1) is 0 Å². The predicted molar refractivity (Wildman–Crippen MR) is 94.4 cm³/mol. The third-order valence-electron chi connectivity index (χ3n) is 5.57. The van der Waals surface area contributed by atoms with Gasteiger partial charge in [0.15, 0.2) is 0 Å². The Morgan fingerprint density at radius 1 is 1.17 bits per heavy atom. The number of urea groups is 1. The van der Waals surface area contributed by atoms with E-state index in [0.717, 1.165) is 18.5 Å². The largest absolute Gasteiger partial charge is 0.396 e. The second-order valence-corrected chi connectivity index (χ2v) is 7.59. The lowest BCUT2D eigenvalue weighted by Gasteiger charge is -2.30. The molecule has 0 heterocycles. The van der Waals surface area contributed by atoms with Crippen molar-refractivity contribution in [3.8, 4) is 0 Å². The van der Waals surface area contributed by atoms with E-state index in [0.29, 0.717) is 18.4 Å². The number of rotatable bonds is 6. The summed E-state index contributed by atoms with van der Waals surface area (Å²) in [7, 11) is 4.10. The first-order chi connectivity index (χ1) is 11.6. The summed E-state index contributed by atoms with van der Waals surface area (Å²) in [4.78, 5) is 14.3. The fourth-order valence-corrected chi connectivity index (χ4v) is 4.41. The number of hydrogen-bond donors (Lipinski definition) is 3. The van der Waals surface area contributed by atoms with Crippen LogP contribution >= 0.6 is 0 Å². The molecule has 3 rings (SSSR count). The van der Waals surface area contributed by atoms with Crippen molar-refractivity contribution < 1.29 is 9.90 Å². The molecule has 1 aromatic carbocycles. The van der Waals surface area contributed by atoms with E-state index < -0.39 is 0 Å². The number of amides is 2. The van der Waals surface area contributed by atoms with Crippen molar-refractivity contribution in [3.63, 3.8) is 0 Å². The number of nitrogens with one attached hydrogen (secondary N) is 2. The summed E-state index contributed by atoms with van der Waals surface area (Å²) in [5.41, 5.74) is 2.36. The van der Waals surface area contributed by atoms with E-state index >= 15 is 0 Å². The van der Waals surface area contributed by atoms with Crippen molar-refractivity contribution >= 4 is 6.03 Å². The normalized spacial score (nSPS) is 28.3. The van der Waals surface area contributed by atoms with Gasteiger partial charge in [-0.3, -0.25) is 0 Å². The zero-order valence-electron chi connectivity index (χ0n) is 14.7. The summed E-state index contributed by atoms with van der Waals surface area (Å²) in [6, 6.07) is 8.35. The molecule has 2 aliphatic rings. The molecule has 24 heavy (non-hydrogen) atoms. The first-order valence-corrected chi connectivity index (χ1v) is 8.94. The fourth-order valence-electron chi connectivity index (χ4n) is 4.41. The fraction of sp³-hybridized carbons (Fsp3) is 0.632. The summed E-state index contributed by atoms with van der Waals surface area (Å²) < 4.78 is 0. The molecule has 2 amide bonds. The van der Waals surface area contributed by atoms with Crippen molar-refractivity contribution in [2.45, 2.75) is 38.4 Å². The summed E-state index contributed by atoms with van der Waals surface area (Å²) in [6.07, 6.45) is 3.54. The van der Waals surface area contributed by atoms with Crippen LogP contribution in [-0.2, 0) is 13.1 Å². The number of carbonyl (C=O) groups excluding carboxylic acids is 1. The van der Waals surface area contributed by atoms with Gasteiger partial charge in [0.1, 0.15) is 0 Å². The Hall–Kier alpha value is -1.59. The van der Waals surface area contributed by atoms with E-state index in [1.807, 2.05) is 0 Å². The Labute approximate surface area is 144 Å². The van der Waals surface area contributed by atoms with E-state index in [-0.39, 0.29) is 24.6 Å². The van der Waals surface area contributed by atoms with Crippen molar-refractivity contribution in [2.24, 2.45) is 17.8 Å². The smallest absolute Gasteiger partial charge is 0.315 e. The van der Waals surface area contributed by atoms with E-state index in [1.54, 1.807) is 0 Å². The molecule has 3 N–H and O–H groups in total. The highest BCUT2D eigenvalue weighted by molar-refractivity contribution is 5.74. The molecular weight excluding hydrogens is 302 g/mol. The van der Waals surface area contributed by atoms with Crippen LogP contribution in [0.5, 0.6) is 0 Å². The van der Waals surface area contributed by atoms with Gasteiger partial charge in [-0.25, -0.2) is 4.79 Å². The van der Waals surface area contributed by atoms with Crippen LogP contribution in [0.15, 0.2) is 24.3 Å². The number of carbonyl (C=O) groups is 1. The van der Waals surface area contributed by atoms with Gasteiger partial charge in [-0.1, -0.05) is 24.3 Å². The molecule has 2 bridgehead atoms. The lowest BCUT2D eigenvalue weighted by atomic mass is 9.85. The monoisotopic (exact) mass is 331 g/mol. The maximum Gasteiger partial charge on any atom is 0.315 e. The van der Waals surface area contributed by atoms with Crippen LogP contribution in [0.2, 0.25) is 0 Å². The zero-order valence-corrected chi connectivity index (χ0v) is 14.7. The summed E-state index contributed by atoms with van der Waals surface area (Å²) in [5.74, 6) is 1.37. The summed E-state index contributed by atoms with van der Waals surface area (Å²) in [5, 5.41) is 15.6. The summed E-state index contributed by atoms with van der Waals surface area (Å²) >= 11 is 0. The van der Waals surface area contributed by atoms with Gasteiger partial charge in [0, 0.05) is 31.7 Å². The van der Waals surface area contributed by atoms with E-state index in [4.69, 9.17) is 0 Å². The van der Waals surface area contributed by atoms with Gasteiger partial charge in [-0.05, 0) is 56.3 Å². The average Bonchev–Trinajstić information content (AvgIpc) is 3.15. The molecule has 5 heteroatoms. The van der Waals surface area contributed by atoms with E-state index in [2.05, 4.69) is 53.9 Å². The molecule has 132 valence electrons. The average molecular weight is 331 g/mol. The molecule has 5 nitrogen and oxygen atoms in total. The Kier molecular flexibility index (Phi) is 5.41. The molecule has 4 unspecified atom stereocenters. The zero-order chi connectivity index (χ0) is 17.1. The van der Waals surface area contributed by atoms with Crippen LogP contribution in [0.25, 0.3) is 0 Å². The number of benzene rings is 1. The van der Waals surface area contributed by atoms with Crippen LogP contribution in [0.3, 0.4) is 0 Å². The Balaban J connectivity index is 1.47. The molecule has 0 aromatic heterocycles. The number of hydrogen-bond acceptors (Lipinski definition) is 3. The third-order valence-corrected chi connectivity index (χ3v) is 5.57. The van der Waals surface area contributed by atoms with Crippen LogP contribution in [0.1, 0.15) is 30.4 Å². The third kappa shape index (κ3) is 3.90. The van der Waals surface area contributed by atoms with Gasteiger partial charge in [0.25, 0.3) is 0 Å². The van der Waals surface area contributed by atoms with Crippen molar-refractivity contribution in [1.82, 2.24) is 15.5 Å². The van der Waals surface area contributed by atoms with Crippen LogP contribution < -0.4 is 10.6 Å². The predicted octanol–water partition coefficient (Wildman–Crippen LogP) is 1.95. The van der Waals surface area contributed by atoms with Gasteiger partial charge < -0.3 is 20.6 Å². The van der Waals surface area contributed by atoms with Gasteiger partial charge in [-0.15, -0.1) is 0 Å². The summed E-state index contributed by atoms with van der Waals surface area (Å²) in [6.45, 7) is 1.62. The van der Waals surface area contributed by atoms with Gasteiger partial charge in [-0.2, -0.15) is 0 Å². The Morgan fingerprint density at radius 3 is 2.50 bits per heavy atom. The molecule has 2 fully saturated rings. The molecule has 4 atom stereocenters. The van der Waals surface area contributed by atoms with Crippen LogP contribution in [0, 0.1) is 17.8 Å². The molecule has 0 aliphatic heterocycles. The minimum atomic E-state index is -0.122. The number of nitrogens with zero attached hydrogens (tertiary/aromatic N) is 1. The molecule has 2 saturated carbocycles. The van der Waals surface area contributed by atoms with Gasteiger partial charge in [0.2, 0.25) is 0 Å². The standard InChI is InChI=1S/C19H29N3O2/c1-22(2)11-14-5-3-13(4-6-14)10-20-19(24)21-18-16-8-7-15(9-16)17(18)12-23/h3-6,15-18,23H,7-12H2,1-2H3,(H2,20,21,24). The minimum absolute atomic E-state index is 0.122. The second-order valence-electron chi connectivity index (χ2n) is 7.59. The number of fused-ring (bicyclic) bond motifs is 2. The number of aliphatic hydroxyl groups excluding tert-OH is 1. The SMILES string of the molecule is CN(C)Cc1ccc(CNC(=O)NC2C3CCC(C3)C2CO)cc1. The molecule has 0 saturated heterocycles. The quantitative estimate of drug-likeness (QED) is 0.746. The number of aliphatic hydroxyl groups is 1. The topological polar surface area (TPSA) is 64.6 Å². The highest BCUT2D eigenvalue weighted by Gasteiger charge is 2.47. The molecule has 0 radical (unpaired) electrons. The lowest BCUT2D eigenvalue weighted by Crippen LogP contribution is -2.48. The second kappa shape index (κ2) is 7.53. The maximum absolute atomic E-state index is 12.2. The Bertz CT molecular complexity index is 558. The minimum Gasteiger partial charge on any atom is -0.396 e. The van der Waals surface area contributed by atoms with Crippen molar-refractivity contribution in [2.75, 3.05) is 20.7 Å². The molecule has 1 aromatic rings. The first kappa shape index (κ1) is 17.2. The van der Waals surface area contributed by atoms with Crippen molar-refractivity contribution in [3.05, 3.63) is 35.4 Å². The molecular formula is C19H29N3O2. The van der Waals surface area contributed by atoms with E-state index in [9.17, 15) is 9.90 Å². The van der Waals surface area contributed by atoms with Crippen LogP contribution in [-0.4, -0.2) is 42.8 Å². The van der Waals surface area contributed by atoms with Crippen molar-refractivity contribution in [1.29, 1.82) is 0 Å². The van der Waals surface area contributed by atoms with Gasteiger partial charge >= 0.3 is 6.03 Å². The Morgan fingerprint density at radius 2 is 1.83 bits per heavy atom. The first-order valence-electron chi connectivity index (χ1n) is 8.94. The van der Waals surface area contributed by atoms with Crippen LogP contribution in [0.4, 0.5) is 4.79 Å². The van der Waals surface area contributed by atoms with E-state index in [1.165, 1.54) is 18.4 Å². The molecule has 2 aliphatic carbocycles. The molecule has 0 spiro atoms. The maximum atomic E-state index is 12.2. The highest BCUT2D eigenvalue weighted by atomic mass is 16.3.